The smallest absolute Gasteiger partial charge is 0.316 e. The summed E-state index contributed by atoms with van der Waals surface area (Å²) in [4.78, 5) is 16.0. The molecule has 3 saturated heterocycles. The third-order valence-electron chi connectivity index (χ3n) is 7.31. The number of aliphatic hydroxyl groups is 1. The molecule has 28 heavy (non-hydrogen) atoms. The first-order chi connectivity index (χ1) is 13.7. The lowest BCUT2D eigenvalue weighted by Gasteiger charge is -2.45. The highest BCUT2D eigenvalue weighted by atomic mass is 16.5. The zero-order chi connectivity index (χ0) is 19.4. The lowest BCUT2D eigenvalue weighted by molar-refractivity contribution is -0.167. The van der Waals surface area contributed by atoms with Gasteiger partial charge < -0.3 is 9.84 Å². The van der Waals surface area contributed by atoms with Gasteiger partial charge in [-0.05, 0) is 75.1 Å². The lowest BCUT2D eigenvalue weighted by Crippen LogP contribution is -2.53. The van der Waals surface area contributed by atoms with Gasteiger partial charge in [-0.15, -0.1) is 0 Å². The number of nitrogens with zero attached hydrogens (tertiary/aromatic N) is 1. The molecule has 1 saturated carbocycles. The van der Waals surface area contributed by atoms with Gasteiger partial charge in [-0.2, -0.15) is 0 Å². The summed E-state index contributed by atoms with van der Waals surface area (Å²) < 4.78 is 6.25. The van der Waals surface area contributed by atoms with Crippen molar-refractivity contribution in [3.63, 3.8) is 0 Å². The summed E-state index contributed by atoms with van der Waals surface area (Å²) >= 11 is 0. The zero-order valence-corrected chi connectivity index (χ0v) is 17.1. The molecule has 3 aliphatic heterocycles. The number of hydrogen-bond acceptors (Lipinski definition) is 4. The number of esters is 1. The first-order valence-electron chi connectivity index (χ1n) is 11.3. The molecule has 0 aromatic heterocycles. The molecule has 5 rings (SSSR count). The molecular formula is C24H35NO3. The first kappa shape index (κ1) is 19.9. The van der Waals surface area contributed by atoms with E-state index in [1.54, 1.807) is 0 Å². The van der Waals surface area contributed by atoms with Crippen LogP contribution in [0.25, 0.3) is 0 Å². The van der Waals surface area contributed by atoms with Gasteiger partial charge in [0.15, 0.2) is 0 Å². The summed E-state index contributed by atoms with van der Waals surface area (Å²) in [6.07, 6.45) is 10.4. The molecule has 2 bridgehead atoms. The van der Waals surface area contributed by atoms with Crippen LogP contribution in [0.4, 0.5) is 0 Å². The Morgan fingerprint density at radius 1 is 1.14 bits per heavy atom. The predicted molar refractivity (Wildman–Crippen MR) is 110 cm³/mol. The Balaban J connectivity index is 1.53. The van der Waals surface area contributed by atoms with Crippen LogP contribution in [-0.4, -0.2) is 48.3 Å². The fourth-order valence-corrected chi connectivity index (χ4v) is 5.53. The van der Waals surface area contributed by atoms with Crippen molar-refractivity contribution in [2.24, 2.45) is 5.92 Å². The standard InChI is InChI=1S/C24H35NO3/c26-16-5-2-7-19-8-6-9-21(17-19)24(12-3-1-4-13-24)23(27)28-22-18-25-14-10-20(22)11-15-25/h6,8-9,17,20,22,26H,1-5,7,10-16,18H2/t22-/m0/s1. The maximum absolute atomic E-state index is 13.6. The molecule has 0 amide bonds. The van der Waals surface area contributed by atoms with Gasteiger partial charge in [0.2, 0.25) is 0 Å². The van der Waals surface area contributed by atoms with E-state index in [1.807, 2.05) is 0 Å². The Bertz CT molecular complexity index is 660. The van der Waals surface area contributed by atoms with Crippen LogP contribution in [0.5, 0.6) is 0 Å². The number of hydrogen-bond donors (Lipinski definition) is 1. The Kier molecular flexibility index (Phi) is 6.37. The summed E-state index contributed by atoms with van der Waals surface area (Å²) in [5.74, 6) is 0.581. The zero-order valence-electron chi connectivity index (χ0n) is 17.1. The number of unbranched alkanes of at least 4 members (excludes halogenated alkanes) is 1. The normalized spacial score (nSPS) is 28.8. The van der Waals surface area contributed by atoms with Gasteiger partial charge in [0.1, 0.15) is 6.10 Å². The largest absolute Gasteiger partial charge is 0.460 e. The summed E-state index contributed by atoms with van der Waals surface area (Å²) in [5, 5.41) is 9.05. The van der Waals surface area contributed by atoms with Crippen molar-refractivity contribution >= 4 is 5.97 Å². The number of aryl methyl sites for hydroxylation is 1. The number of ether oxygens (including phenoxy) is 1. The molecule has 4 nitrogen and oxygen atoms in total. The highest BCUT2D eigenvalue weighted by Gasteiger charge is 2.45. The molecule has 154 valence electrons. The van der Waals surface area contributed by atoms with Crippen molar-refractivity contribution in [2.45, 2.75) is 75.7 Å². The number of benzene rings is 1. The lowest BCUT2D eigenvalue weighted by atomic mass is 9.69. The van der Waals surface area contributed by atoms with E-state index in [4.69, 9.17) is 9.84 Å². The summed E-state index contributed by atoms with van der Waals surface area (Å²) in [5.41, 5.74) is 1.96. The molecule has 4 aliphatic rings. The van der Waals surface area contributed by atoms with E-state index in [-0.39, 0.29) is 18.7 Å². The van der Waals surface area contributed by atoms with Crippen molar-refractivity contribution in [1.82, 2.24) is 4.90 Å². The number of piperidine rings is 3. The fraction of sp³-hybridized carbons (Fsp3) is 0.708. The quantitative estimate of drug-likeness (QED) is 0.572. The van der Waals surface area contributed by atoms with E-state index >= 15 is 0 Å². The van der Waals surface area contributed by atoms with Crippen LogP contribution in [0, 0.1) is 5.92 Å². The Morgan fingerprint density at radius 3 is 2.61 bits per heavy atom. The fourth-order valence-electron chi connectivity index (χ4n) is 5.53. The first-order valence-corrected chi connectivity index (χ1v) is 11.3. The van der Waals surface area contributed by atoms with E-state index < -0.39 is 5.41 Å². The van der Waals surface area contributed by atoms with Crippen LogP contribution in [0.15, 0.2) is 24.3 Å². The van der Waals surface area contributed by atoms with Gasteiger partial charge in [0.05, 0.1) is 5.41 Å². The number of rotatable bonds is 7. The maximum Gasteiger partial charge on any atom is 0.316 e. The summed E-state index contributed by atoms with van der Waals surface area (Å²) in [6.45, 7) is 3.50. The van der Waals surface area contributed by atoms with Crippen LogP contribution in [-0.2, 0) is 21.4 Å². The molecule has 0 unspecified atom stereocenters. The van der Waals surface area contributed by atoms with E-state index in [0.717, 1.165) is 57.1 Å². The molecule has 1 N–H and O–H groups in total. The minimum absolute atomic E-state index is 0.0264. The van der Waals surface area contributed by atoms with Gasteiger partial charge in [0.25, 0.3) is 0 Å². The van der Waals surface area contributed by atoms with Crippen LogP contribution >= 0.6 is 0 Å². The van der Waals surface area contributed by atoms with Gasteiger partial charge in [-0.3, -0.25) is 9.69 Å². The van der Waals surface area contributed by atoms with Crippen molar-refractivity contribution < 1.29 is 14.6 Å². The highest BCUT2D eigenvalue weighted by Crippen LogP contribution is 2.42. The summed E-state index contributed by atoms with van der Waals surface area (Å²) in [7, 11) is 0. The molecule has 1 aromatic carbocycles. The van der Waals surface area contributed by atoms with Crippen molar-refractivity contribution in [3.8, 4) is 0 Å². The van der Waals surface area contributed by atoms with Crippen LogP contribution in [0.3, 0.4) is 0 Å². The van der Waals surface area contributed by atoms with E-state index in [9.17, 15) is 4.79 Å². The van der Waals surface area contributed by atoms with E-state index in [2.05, 4.69) is 29.2 Å². The molecule has 1 atom stereocenters. The molecule has 0 spiro atoms. The van der Waals surface area contributed by atoms with Gasteiger partial charge in [-0.1, -0.05) is 43.5 Å². The van der Waals surface area contributed by atoms with Crippen LogP contribution in [0.2, 0.25) is 0 Å². The Labute approximate surface area is 169 Å². The molecule has 4 fully saturated rings. The predicted octanol–water partition coefficient (Wildman–Crippen LogP) is 3.84. The van der Waals surface area contributed by atoms with Crippen molar-refractivity contribution in [2.75, 3.05) is 26.2 Å². The van der Waals surface area contributed by atoms with Gasteiger partial charge in [0, 0.05) is 13.2 Å². The van der Waals surface area contributed by atoms with Gasteiger partial charge >= 0.3 is 5.97 Å². The van der Waals surface area contributed by atoms with Crippen LogP contribution < -0.4 is 0 Å². The van der Waals surface area contributed by atoms with Crippen LogP contribution in [0.1, 0.15) is 68.9 Å². The Morgan fingerprint density at radius 2 is 1.93 bits per heavy atom. The maximum atomic E-state index is 13.6. The third-order valence-corrected chi connectivity index (χ3v) is 7.31. The van der Waals surface area contributed by atoms with Gasteiger partial charge in [-0.25, -0.2) is 0 Å². The third kappa shape index (κ3) is 4.13. The van der Waals surface area contributed by atoms with E-state index in [0.29, 0.717) is 5.92 Å². The minimum atomic E-state index is -0.461. The molecule has 4 heteroatoms. The second-order valence-corrected chi connectivity index (χ2v) is 9.11. The monoisotopic (exact) mass is 385 g/mol. The molecule has 1 aliphatic carbocycles. The highest BCUT2D eigenvalue weighted by molar-refractivity contribution is 5.83. The molecule has 3 heterocycles. The molecular weight excluding hydrogens is 350 g/mol. The average Bonchev–Trinajstić information content (AvgIpc) is 2.75. The average molecular weight is 386 g/mol. The molecule has 0 radical (unpaired) electrons. The number of carbonyl (C=O) groups excluding carboxylic acids is 1. The topological polar surface area (TPSA) is 49.8 Å². The number of carbonyl (C=O) groups is 1. The Hall–Kier alpha value is -1.39. The molecule has 1 aromatic rings. The number of fused-ring (bicyclic) bond motifs is 3. The second kappa shape index (κ2) is 8.96. The summed E-state index contributed by atoms with van der Waals surface area (Å²) in [6, 6.07) is 8.62. The number of aliphatic hydroxyl groups excluding tert-OH is 1. The minimum Gasteiger partial charge on any atom is -0.460 e. The second-order valence-electron chi connectivity index (χ2n) is 9.11. The van der Waals surface area contributed by atoms with Crippen molar-refractivity contribution in [1.29, 1.82) is 0 Å². The van der Waals surface area contributed by atoms with E-state index in [1.165, 1.54) is 37.9 Å². The van der Waals surface area contributed by atoms with Crippen molar-refractivity contribution in [3.05, 3.63) is 35.4 Å². The SMILES string of the molecule is O=C(O[C@H]1CN2CCC1CC2)C1(c2cccc(CCCCO)c2)CCCCC1.